The normalized spacial score (nSPS) is 13.7. The van der Waals surface area contributed by atoms with Gasteiger partial charge in [0.15, 0.2) is 0 Å². The van der Waals surface area contributed by atoms with E-state index in [-0.39, 0.29) is 12.6 Å². The van der Waals surface area contributed by atoms with Gasteiger partial charge in [-0.2, -0.15) is 0 Å². The largest absolute Gasteiger partial charge is 0.491 e. The summed E-state index contributed by atoms with van der Waals surface area (Å²) in [6, 6.07) is 7.89. The number of hydrogen-bond acceptors (Lipinski definition) is 4. The van der Waals surface area contributed by atoms with E-state index >= 15 is 0 Å². The minimum atomic E-state index is -0.826. The standard InChI is InChI=1S/C15H23NO3/c1-5-12-7-9-13(10-8-12)19-11-15(3,16-6-2)14(17)18-4/h7-10,16H,5-6,11H2,1-4H3. The maximum absolute atomic E-state index is 11.8. The monoisotopic (exact) mass is 265 g/mol. The van der Waals surface area contributed by atoms with Crippen LogP contribution in [0.25, 0.3) is 0 Å². The highest BCUT2D eigenvalue weighted by molar-refractivity contribution is 5.80. The van der Waals surface area contributed by atoms with Crippen LogP contribution in [0.5, 0.6) is 5.75 Å². The van der Waals surface area contributed by atoms with Crippen molar-refractivity contribution in [1.82, 2.24) is 5.32 Å². The molecule has 0 radical (unpaired) electrons. The van der Waals surface area contributed by atoms with E-state index in [1.807, 2.05) is 31.2 Å². The molecule has 1 aromatic rings. The van der Waals surface area contributed by atoms with Crippen LogP contribution in [0.2, 0.25) is 0 Å². The summed E-state index contributed by atoms with van der Waals surface area (Å²) in [5, 5.41) is 3.10. The number of rotatable bonds is 7. The lowest BCUT2D eigenvalue weighted by Gasteiger charge is -2.27. The Morgan fingerprint density at radius 1 is 1.26 bits per heavy atom. The second-order valence-electron chi connectivity index (χ2n) is 4.64. The van der Waals surface area contributed by atoms with Crippen LogP contribution in [0.3, 0.4) is 0 Å². The number of aryl methyl sites for hydroxylation is 1. The highest BCUT2D eigenvalue weighted by atomic mass is 16.5. The molecule has 0 heterocycles. The van der Waals surface area contributed by atoms with Crippen molar-refractivity contribution in [3.8, 4) is 5.75 Å². The predicted octanol–water partition coefficient (Wildman–Crippen LogP) is 2.17. The van der Waals surface area contributed by atoms with Crippen molar-refractivity contribution in [2.45, 2.75) is 32.7 Å². The van der Waals surface area contributed by atoms with Crippen molar-refractivity contribution >= 4 is 5.97 Å². The van der Waals surface area contributed by atoms with Crippen LogP contribution < -0.4 is 10.1 Å². The Kier molecular flexibility index (Phi) is 5.83. The summed E-state index contributed by atoms with van der Waals surface area (Å²) in [4.78, 5) is 11.8. The molecule has 0 aliphatic carbocycles. The van der Waals surface area contributed by atoms with Gasteiger partial charge in [-0.15, -0.1) is 0 Å². The molecule has 0 saturated carbocycles. The average Bonchev–Trinajstić information content (AvgIpc) is 2.45. The number of carbonyl (C=O) groups is 1. The Balaban J connectivity index is 2.67. The number of ether oxygens (including phenoxy) is 2. The molecular weight excluding hydrogens is 242 g/mol. The maximum Gasteiger partial charge on any atom is 0.329 e. The summed E-state index contributed by atoms with van der Waals surface area (Å²) in [5.74, 6) is 0.435. The predicted molar refractivity (Wildman–Crippen MR) is 75.4 cm³/mol. The van der Waals surface area contributed by atoms with Gasteiger partial charge in [-0.25, -0.2) is 4.79 Å². The molecule has 106 valence electrons. The van der Waals surface area contributed by atoms with E-state index < -0.39 is 5.54 Å². The van der Waals surface area contributed by atoms with Gasteiger partial charge in [-0.05, 0) is 37.6 Å². The zero-order valence-electron chi connectivity index (χ0n) is 12.2. The van der Waals surface area contributed by atoms with Gasteiger partial charge in [0, 0.05) is 0 Å². The van der Waals surface area contributed by atoms with Crippen molar-refractivity contribution in [3.63, 3.8) is 0 Å². The van der Waals surface area contributed by atoms with E-state index in [2.05, 4.69) is 12.2 Å². The van der Waals surface area contributed by atoms with Crippen LogP contribution >= 0.6 is 0 Å². The second kappa shape index (κ2) is 7.14. The summed E-state index contributed by atoms with van der Waals surface area (Å²) in [5.41, 5.74) is 0.433. The van der Waals surface area contributed by atoms with Crippen molar-refractivity contribution in [3.05, 3.63) is 29.8 Å². The molecule has 1 atom stereocenters. The summed E-state index contributed by atoms with van der Waals surface area (Å²) < 4.78 is 10.5. The highest BCUT2D eigenvalue weighted by Gasteiger charge is 2.34. The molecule has 0 aromatic heterocycles. The third-order valence-corrected chi connectivity index (χ3v) is 3.06. The SMILES string of the molecule is CCNC(C)(COc1ccc(CC)cc1)C(=O)OC. The first-order chi connectivity index (χ1) is 9.05. The molecule has 0 fully saturated rings. The fourth-order valence-electron chi connectivity index (χ4n) is 1.85. The number of hydrogen-bond donors (Lipinski definition) is 1. The molecule has 0 bridgehead atoms. The van der Waals surface area contributed by atoms with Crippen LogP contribution in [0.4, 0.5) is 0 Å². The first-order valence-corrected chi connectivity index (χ1v) is 6.61. The summed E-state index contributed by atoms with van der Waals surface area (Å²) in [6.07, 6.45) is 0.998. The van der Waals surface area contributed by atoms with Gasteiger partial charge in [0.1, 0.15) is 17.9 Å². The lowest BCUT2D eigenvalue weighted by Crippen LogP contribution is -2.54. The van der Waals surface area contributed by atoms with Crippen LogP contribution in [0.1, 0.15) is 26.3 Å². The lowest BCUT2D eigenvalue weighted by atomic mass is 10.0. The van der Waals surface area contributed by atoms with Crippen molar-refractivity contribution in [2.24, 2.45) is 0 Å². The van der Waals surface area contributed by atoms with Crippen LogP contribution in [0, 0.1) is 0 Å². The number of esters is 1. The molecule has 1 aromatic carbocycles. The van der Waals surface area contributed by atoms with E-state index in [9.17, 15) is 4.79 Å². The molecule has 0 spiro atoms. The molecule has 4 heteroatoms. The smallest absolute Gasteiger partial charge is 0.329 e. The number of likely N-dealkylation sites (N-methyl/N-ethyl adjacent to an activating group) is 1. The van der Waals surface area contributed by atoms with E-state index in [0.717, 1.165) is 12.2 Å². The van der Waals surface area contributed by atoms with Crippen molar-refractivity contribution in [1.29, 1.82) is 0 Å². The fraction of sp³-hybridized carbons (Fsp3) is 0.533. The second-order valence-corrected chi connectivity index (χ2v) is 4.64. The third kappa shape index (κ3) is 4.24. The lowest BCUT2D eigenvalue weighted by molar-refractivity contribution is -0.149. The summed E-state index contributed by atoms with van der Waals surface area (Å²) in [7, 11) is 1.38. The minimum Gasteiger partial charge on any atom is -0.491 e. The molecule has 0 aliphatic heterocycles. The van der Waals surface area contributed by atoms with Gasteiger partial charge < -0.3 is 9.47 Å². The number of carbonyl (C=O) groups excluding carboxylic acids is 1. The van der Waals surface area contributed by atoms with E-state index in [1.54, 1.807) is 6.92 Å². The Morgan fingerprint density at radius 2 is 1.89 bits per heavy atom. The molecule has 0 amide bonds. The first-order valence-electron chi connectivity index (χ1n) is 6.61. The Bertz CT molecular complexity index is 402. The molecule has 1 rings (SSSR count). The maximum atomic E-state index is 11.8. The Labute approximate surface area is 115 Å². The van der Waals surface area contributed by atoms with Crippen LogP contribution in [-0.2, 0) is 16.0 Å². The quantitative estimate of drug-likeness (QED) is 0.768. The first kappa shape index (κ1) is 15.5. The molecule has 0 aliphatic rings. The summed E-state index contributed by atoms with van der Waals surface area (Å²) >= 11 is 0. The van der Waals surface area contributed by atoms with E-state index in [4.69, 9.17) is 9.47 Å². The van der Waals surface area contributed by atoms with E-state index in [1.165, 1.54) is 12.7 Å². The van der Waals surface area contributed by atoms with Crippen LogP contribution in [-0.4, -0.2) is 31.8 Å². The number of methoxy groups -OCH3 is 1. The van der Waals surface area contributed by atoms with Gasteiger partial charge in [-0.1, -0.05) is 26.0 Å². The van der Waals surface area contributed by atoms with Crippen molar-refractivity contribution in [2.75, 3.05) is 20.3 Å². The molecule has 4 nitrogen and oxygen atoms in total. The van der Waals surface area contributed by atoms with E-state index in [0.29, 0.717) is 6.54 Å². The van der Waals surface area contributed by atoms with Crippen molar-refractivity contribution < 1.29 is 14.3 Å². The highest BCUT2D eigenvalue weighted by Crippen LogP contribution is 2.15. The van der Waals surface area contributed by atoms with Crippen LogP contribution in [0.15, 0.2) is 24.3 Å². The minimum absolute atomic E-state index is 0.235. The molecule has 0 saturated heterocycles. The van der Waals surface area contributed by atoms with Gasteiger partial charge in [-0.3, -0.25) is 5.32 Å². The molecule has 1 N–H and O–H groups in total. The average molecular weight is 265 g/mol. The zero-order valence-corrected chi connectivity index (χ0v) is 12.2. The molecule has 1 unspecified atom stereocenters. The summed E-state index contributed by atoms with van der Waals surface area (Å²) in [6.45, 7) is 6.73. The fourth-order valence-corrected chi connectivity index (χ4v) is 1.85. The van der Waals surface area contributed by atoms with Gasteiger partial charge >= 0.3 is 5.97 Å². The Hall–Kier alpha value is -1.55. The van der Waals surface area contributed by atoms with Gasteiger partial charge in [0.2, 0.25) is 0 Å². The zero-order chi connectivity index (χ0) is 14.3. The number of benzene rings is 1. The molecule has 19 heavy (non-hydrogen) atoms. The van der Waals surface area contributed by atoms with Gasteiger partial charge in [0.25, 0.3) is 0 Å². The third-order valence-electron chi connectivity index (χ3n) is 3.06. The molecular formula is C15H23NO3. The van der Waals surface area contributed by atoms with Gasteiger partial charge in [0.05, 0.1) is 7.11 Å². The Morgan fingerprint density at radius 3 is 2.37 bits per heavy atom. The number of nitrogens with one attached hydrogen (secondary N) is 1. The topological polar surface area (TPSA) is 47.6 Å².